The van der Waals surface area contributed by atoms with Crippen molar-refractivity contribution < 1.29 is 4.74 Å². The van der Waals surface area contributed by atoms with Gasteiger partial charge in [0.05, 0.1) is 31.0 Å². The molecule has 0 saturated carbocycles. The van der Waals surface area contributed by atoms with Gasteiger partial charge >= 0.3 is 0 Å². The van der Waals surface area contributed by atoms with Crippen LogP contribution >= 0.6 is 11.8 Å². The zero-order chi connectivity index (χ0) is 14.7. The topological polar surface area (TPSA) is 45.4 Å². The summed E-state index contributed by atoms with van der Waals surface area (Å²) >= 11 is 1.82. The third kappa shape index (κ3) is 2.88. The van der Waals surface area contributed by atoms with Gasteiger partial charge in [0.15, 0.2) is 0 Å². The van der Waals surface area contributed by atoms with E-state index in [-0.39, 0.29) is 5.92 Å². The van der Waals surface area contributed by atoms with E-state index >= 15 is 0 Å². The summed E-state index contributed by atoms with van der Waals surface area (Å²) in [5.74, 6) is 2.01. The third-order valence-electron chi connectivity index (χ3n) is 3.79. The molecule has 3 nitrogen and oxygen atoms in total. The van der Waals surface area contributed by atoms with Crippen LogP contribution < -0.4 is 0 Å². The number of nitrogens with zero attached hydrogens (tertiary/aromatic N) is 2. The normalized spacial score (nSPS) is 20.6. The lowest BCUT2D eigenvalue weighted by molar-refractivity contribution is 0.270. The first-order valence-corrected chi connectivity index (χ1v) is 7.90. The summed E-state index contributed by atoms with van der Waals surface area (Å²) in [7, 11) is 1.69. The largest absolute Gasteiger partial charge is 0.501 e. The zero-order valence-corrected chi connectivity index (χ0v) is 12.7. The van der Waals surface area contributed by atoms with Crippen LogP contribution in [0.4, 0.5) is 5.69 Å². The summed E-state index contributed by atoms with van der Waals surface area (Å²) in [4.78, 5) is 6.06. The Morgan fingerprint density at radius 1 is 1.38 bits per heavy atom. The van der Waals surface area contributed by atoms with Gasteiger partial charge in [-0.2, -0.15) is 5.26 Å². The summed E-state index contributed by atoms with van der Waals surface area (Å²) < 4.78 is 5.38. The zero-order valence-electron chi connectivity index (χ0n) is 11.9. The van der Waals surface area contributed by atoms with E-state index in [0.717, 1.165) is 34.9 Å². The number of nitriles is 1. The molecule has 106 valence electrons. The number of methoxy groups -OCH3 is 1. The molecule has 2 aliphatic rings. The number of ether oxygens (including phenoxy) is 1. The number of rotatable bonds is 3. The molecule has 1 aromatic rings. The molecule has 0 amide bonds. The smallest absolute Gasteiger partial charge is 0.0965 e. The van der Waals surface area contributed by atoms with E-state index < -0.39 is 0 Å². The fourth-order valence-corrected chi connectivity index (χ4v) is 3.67. The molecular formula is C17H16N2OS. The number of hydrogen-bond acceptors (Lipinski definition) is 4. The van der Waals surface area contributed by atoms with E-state index in [1.54, 1.807) is 7.11 Å². The van der Waals surface area contributed by atoms with Crippen LogP contribution in [0.5, 0.6) is 0 Å². The first kappa shape index (κ1) is 14.0. The Kier molecular flexibility index (Phi) is 4.12. The average Bonchev–Trinajstić information content (AvgIpc) is 2.55. The number of aliphatic imine (C=N–C) groups is 1. The summed E-state index contributed by atoms with van der Waals surface area (Å²) in [6.45, 7) is 0. The number of hydrogen-bond donors (Lipinski definition) is 0. The number of para-hydroxylation sites is 1. The lowest BCUT2D eigenvalue weighted by Gasteiger charge is -2.27. The fourth-order valence-electron chi connectivity index (χ4n) is 2.66. The predicted molar refractivity (Wildman–Crippen MR) is 85.8 cm³/mol. The van der Waals surface area contributed by atoms with Crippen LogP contribution in [-0.4, -0.2) is 18.6 Å². The van der Waals surface area contributed by atoms with E-state index in [1.165, 1.54) is 4.90 Å². The molecule has 0 fully saturated rings. The van der Waals surface area contributed by atoms with Gasteiger partial charge in [0.1, 0.15) is 0 Å². The lowest BCUT2D eigenvalue weighted by atomic mass is 9.85. The van der Waals surface area contributed by atoms with Gasteiger partial charge in [-0.25, -0.2) is 0 Å². The van der Waals surface area contributed by atoms with Crippen LogP contribution in [0.15, 0.2) is 57.6 Å². The summed E-state index contributed by atoms with van der Waals surface area (Å²) in [5.41, 5.74) is 3.31. The summed E-state index contributed by atoms with van der Waals surface area (Å²) in [5, 5.41) is 9.03. The molecule has 0 spiro atoms. The molecule has 1 aliphatic heterocycles. The molecule has 1 unspecified atom stereocenters. The molecule has 0 N–H and O–H groups in total. The first-order chi connectivity index (χ1) is 10.3. The maximum absolute atomic E-state index is 9.03. The quantitative estimate of drug-likeness (QED) is 0.837. The molecule has 4 heteroatoms. The van der Waals surface area contributed by atoms with Crippen LogP contribution in [0.1, 0.15) is 12.8 Å². The van der Waals surface area contributed by atoms with Gasteiger partial charge in [0.25, 0.3) is 0 Å². The minimum absolute atomic E-state index is 0.186. The Morgan fingerprint density at radius 2 is 2.24 bits per heavy atom. The van der Waals surface area contributed by atoms with Gasteiger partial charge < -0.3 is 4.74 Å². The SMILES string of the molecule is COC1=CC=C(CC#N)C(C2=Nc3ccccc3SC2)C1. The second kappa shape index (κ2) is 6.19. The Bertz CT molecular complexity index is 682. The van der Waals surface area contributed by atoms with E-state index in [0.29, 0.717) is 6.42 Å². The van der Waals surface area contributed by atoms with E-state index in [4.69, 9.17) is 15.0 Å². The average molecular weight is 296 g/mol. The molecule has 3 rings (SSSR count). The molecule has 1 aliphatic carbocycles. The van der Waals surface area contributed by atoms with Crippen LogP contribution in [0.3, 0.4) is 0 Å². The van der Waals surface area contributed by atoms with Crippen LogP contribution in [0.25, 0.3) is 0 Å². The second-order valence-electron chi connectivity index (χ2n) is 5.03. The second-order valence-corrected chi connectivity index (χ2v) is 6.05. The molecule has 1 atom stereocenters. The minimum Gasteiger partial charge on any atom is -0.501 e. The fraction of sp³-hybridized carbons (Fsp3) is 0.294. The molecule has 21 heavy (non-hydrogen) atoms. The maximum Gasteiger partial charge on any atom is 0.0965 e. The minimum atomic E-state index is 0.186. The van der Waals surface area contributed by atoms with Crippen LogP contribution in [-0.2, 0) is 4.74 Å². The highest BCUT2D eigenvalue weighted by molar-refractivity contribution is 8.00. The van der Waals surface area contributed by atoms with Gasteiger partial charge in [-0.05, 0) is 23.8 Å². The molecule has 0 radical (unpaired) electrons. The van der Waals surface area contributed by atoms with Gasteiger partial charge in [0, 0.05) is 28.7 Å². The third-order valence-corrected chi connectivity index (χ3v) is 4.88. The van der Waals surface area contributed by atoms with Crippen molar-refractivity contribution in [3.8, 4) is 6.07 Å². The Balaban J connectivity index is 1.93. The highest BCUT2D eigenvalue weighted by atomic mass is 32.2. The number of thioether (sulfide) groups is 1. The standard InChI is InChI=1S/C17H16N2OS/c1-20-13-7-6-12(8-9-18)14(10-13)16-11-21-17-5-3-2-4-15(17)19-16/h2-7,14H,8,10-11H2,1H3. The van der Waals surface area contributed by atoms with E-state index in [9.17, 15) is 0 Å². The molecular weight excluding hydrogens is 280 g/mol. The number of fused-ring (bicyclic) bond motifs is 1. The van der Waals surface area contributed by atoms with Gasteiger partial charge in [0.2, 0.25) is 0 Å². The van der Waals surface area contributed by atoms with Crippen molar-refractivity contribution >= 4 is 23.2 Å². The molecule has 0 saturated heterocycles. The van der Waals surface area contributed by atoms with Crippen molar-refractivity contribution in [2.75, 3.05) is 12.9 Å². The summed E-state index contributed by atoms with van der Waals surface area (Å²) in [6, 6.07) is 10.5. The monoisotopic (exact) mass is 296 g/mol. The van der Waals surface area contributed by atoms with Crippen molar-refractivity contribution in [1.82, 2.24) is 0 Å². The first-order valence-electron chi connectivity index (χ1n) is 6.91. The molecule has 1 heterocycles. The van der Waals surface area contributed by atoms with E-state index in [2.05, 4.69) is 12.1 Å². The van der Waals surface area contributed by atoms with Crippen molar-refractivity contribution in [2.45, 2.75) is 17.7 Å². The Labute approximate surface area is 129 Å². The van der Waals surface area contributed by atoms with Crippen molar-refractivity contribution in [3.05, 3.63) is 47.7 Å². The van der Waals surface area contributed by atoms with Crippen molar-refractivity contribution in [1.29, 1.82) is 5.26 Å². The lowest BCUT2D eigenvalue weighted by Crippen LogP contribution is -2.23. The molecule has 1 aromatic carbocycles. The highest BCUT2D eigenvalue weighted by Crippen LogP contribution is 2.38. The van der Waals surface area contributed by atoms with E-state index in [1.807, 2.05) is 42.1 Å². The Hall–Kier alpha value is -1.99. The summed E-state index contributed by atoms with van der Waals surface area (Å²) in [6.07, 6.45) is 5.23. The highest BCUT2D eigenvalue weighted by Gasteiger charge is 2.27. The molecule has 0 aromatic heterocycles. The molecule has 0 bridgehead atoms. The predicted octanol–water partition coefficient (Wildman–Crippen LogP) is 4.26. The van der Waals surface area contributed by atoms with Gasteiger partial charge in [-0.15, -0.1) is 11.8 Å². The van der Waals surface area contributed by atoms with Crippen LogP contribution in [0, 0.1) is 17.2 Å². The van der Waals surface area contributed by atoms with Crippen molar-refractivity contribution in [2.24, 2.45) is 10.9 Å². The number of allylic oxidation sites excluding steroid dienone is 4. The van der Waals surface area contributed by atoms with Gasteiger partial charge in [-0.1, -0.05) is 18.2 Å². The number of benzene rings is 1. The van der Waals surface area contributed by atoms with Crippen LogP contribution in [0.2, 0.25) is 0 Å². The maximum atomic E-state index is 9.03. The van der Waals surface area contributed by atoms with Gasteiger partial charge in [-0.3, -0.25) is 4.99 Å². The Morgan fingerprint density at radius 3 is 3.05 bits per heavy atom. The van der Waals surface area contributed by atoms with Crippen molar-refractivity contribution in [3.63, 3.8) is 0 Å².